The Morgan fingerprint density at radius 2 is 1.90 bits per heavy atom. The highest BCUT2D eigenvalue weighted by molar-refractivity contribution is 8.00. The molecule has 1 unspecified atom stereocenters. The first-order chi connectivity index (χ1) is 9.56. The predicted octanol–water partition coefficient (Wildman–Crippen LogP) is 3.70. The highest BCUT2D eigenvalue weighted by Crippen LogP contribution is 2.29. The minimum Gasteiger partial charge on any atom is -0.398 e. The fourth-order valence-corrected chi connectivity index (χ4v) is 2.67. The van der Waals surface area contributed by atoms with Crippen molar-refractivity contribution >= 4 is 29.0 Å². The summed E-state index contributed by atoms with van der Waals surface area (Å²) in [5, 5.41) is 2.68. The molecule has 3 N–H and O–H groups in total. The number of para-hydroxylation sites is 1. The number of nitrogens with two attached hydrogens (primary N) is 1. The fourth-order valence-electron chi connectivity index (χ4n) is 1.78. The summed E-state index contributed by atoms with van der Waals surface area (Å²) in [5.41, 5.74) is 8.61. The lowest BCUT2D eigenvalue weighted by Gasteiger charge is -2.13. The van der Waals surface area contributed by atoms with Gasteiger partial charge in [-0.3, -0.25) is 4.79 Å². The van der Waals surface area contributed by atoms with Gasteiger partial charge >= 0.3 is 0 Å². The molecule has 0 fully saturated rings. The van der Waals surface area contributed by atoms with Crippen LogP contribution in [-0.4, -0.2) is 11.2 Å². The van der Waals surface area contributed by atoms with Gasteiger partial charge in [-0.2, -0.15) is 0 Å². The van der Waals surface area contributed by atoms with Gasteiger partial charge in [0.05, 0.1) is 5.25 Å². The number of carbonyl (C=O) groups excluding carboxylic acids is 1. The van der Waals surface area contributed by atoms with Crippen molar-refractivity contribution in [2.75, 3.05) is 11.1 Å². The Kier molecular flexibility index (Phi) is 4.69. The van der Waals surface area contributed by atoms with Crippen LogP contribution in [0.25, 0.3) is 0 Å². The van der Waals surface area contributed by atoms with Crippen LogP contribution in [0.3, 0.4) is 0 Å². The second kappa shape index (κ2) is 6.48. The third-order valence-electron chi connectivity index (χ3n) is 2.88. The highest BCUT2D eigenvalue weighted by atomic mass is 32.2. The van der Waals surface area contributed by atoms with Gasteiger partial charge in [0.1, 0.15) is 0 Å². The van der Waals surface area contributed by atoms with Crippen molar-refractivity contribution in [1.82, 2.24) is 0 Å². The molecule has 0 aliphatic heterocycles. The van der Waals surface area contributed by atoms with E-state index in [1.165, 1.54) is 11.8 Å². The number of carbonyl (C=O) groups is 1. The third kappa shape index (κ3) is 3.78. The van der Waals surface area contributed by atoms with Gasteiger partial charge in [-0.15, -0.1) is 11.8 Å². The summed E-state index contributed by atoms with van der Waals surface area (Å²) in [5.74, 6) is -0.0267. The molecule has 1 atom stereocenters. The van der Waals surface area contributed by atoms with Crippen molar-refractivity contribution in [2.45, 2.75) is 24.0 Å². The Morgan fingerprint density at radius 3 is 2.55 bits per heavy atom. The van der Waals surface area contributed by atoms with E-state index >= 15 is 0 Å². The largest absolute Gasteiger partial charge is 0.398 e. The Balaban J connectivity index is 2.00. The number of anilines is 2. The molecule has 4 heteroatoms. The van der Waals surface area contributed by atoms with Crippen LogP contribution in [0.1, 0.15) is 12.5 Å². The molecule has 1 amide bonds. The first-order valence-corrected chi connectivity index (χ1v) is 7.33. The Labute approximate surface area is 123 Å². The van der Waals surface area contributed by atoms with E-state index in [4.69, 9.17) is 5.73 Å². The molecule has 0 saturated heterocycles. The maximum Gasteiger partial charge on any atom is 0.237 e. The lowest BCUT2D eigenvalue weighted by atomic mass is 10.2. The molecular formula is C16H18N2OS. The maximum absolute atomic E-state index is 12.1. The zero-order chi connectivity index (χ0) is 14.5. The van der Waals surface area contributed by atoms with Crippen LogP contribution in [-0.2, 0) is 4.79 Å². The van der Waals surface area contributed by atoms with Gasteiger partial charge in [0.15, 0.2) is 0 Å². The standard InChI is InChI=1S/C16H18N2OS/c1-11-8-9-15(14(17)10-11)20-12(2)16(19)18-13-6-4-3-5-7-13/h3-10,12H,17H2,1-2H3,(H,18,19). The van der Waals surface area contributed by atoms with Gasteiger partial charge in [-0.05, 0) is 43.7 Å². The zero-order valence-corrected chi connectivity index (χ0v) is 12.4. The van der Waals surface area contributed by atoms with E-state index in [1.807, 2.05) is 62.4 Å². The minimum atomic E-state index is -0.208. The molecule has 2 aromatic rings. The quantitative estimate of drug-likeness (QED) is 0.665. The van der Waals surface area contributed by atoms with Gasteiger partial charge in [0, 0.05) is 16.3 Å². The minimum absolute atomic E-state index is 0.0267. The molecule has 0 aliphatic carbocycles. The number of nitrogen functional groups attached to an aromatic ring is 1. The topological polar surface area (TPSA) is 55.1 Å². The van der Waals surface area contributed by atoms with Gasteiger partial charge in [-0.25, -0.2) is 0 Å². The Morgan fingerprint density at radius 1 is 1.20 bits per heavy atom. The van der Waals surface area contributed by atoms with Gasteiger partial charge < -0.3 is 11.1 Å². The van der Waals surface area contributed by atoms with Crippen molar-refractivity contribution in [1.29, 1.82) is 0 Å². The smallest absolute Gasteiger partial charge is 0.237 e. The summed E-state index contributed by atoms with van der Waals surface area (Å²) >= 11 is 1.47. The zero-order valence-electron chi connectivity index (χ0n) is 11.6. The van der Waals surface area contributed by atoms with E-state index in [2.05, 4.69) is 5.32 Å². The molecule has 2 aromatic carbocycles. The fraction of sp³-hybridized carbons (Fsp3) is 0.188. The summed E-state index contributed by atoms with van der Waals surface area (Å²) in [6, 6.07) is 15.3. The third-order valence-corrected chi connectivity index (χ3v) is 4.07. The van der Waals surface area contributed by atoms with Crippen molar-refractivity contribution in [3.8, 4) is 0 Å². The van der Waals surface area contributed by atoms with E-state index in [1.54, 1.807) is 0 Å². The monoisotopic (exact) mass is 286 g/mol. The number of rotatable bonds is 4. The molecule has 20 heavy (non-hydrogen) atoms. The molecule has 0 aromatic heterocycles. The van der Waals surface area contributed by atoms with Crippen LogP contribution >= 0.6 is 11.8 Å². The molecule has 0 spiro atoms. The highest BCUT2D eigenvalue weighted by Gasteiger charge is 2.15. The predicted molar refractivity (Wildman–Crippen MR) is 86.0 cm³/mol. The number of thioether (sulfide) groups is 1. The molecule has 104 valence electrons. The number of hydrogen-bond acceptors (Lipinski definition) is 3. The maximum atomic E-state index is 12.1. The molecule has 3 nitrogen and oxygen atoms in total. The Bertz CT molecular complexity index is 599. The van der Waals surface area contributed by atoms with Gasteiger partial charge in [0.2, 0.25) is 5.91 Å². The molecular weight excluding hydrogens is 268 g/mol. The molecule has 0 heterocycles. The average Bonchev–Trinajstić information content (AvgIpc) is 2.43. The van der Waals surface area contributed by atoms with Crippen LogP contribution in [0.15, 0.2) is 53.4 Å². The molecule has 0 saturated carbocycles. The second-order valence-corrected chi connectivity index (χ2v) is 6.04. The Hall–Kier alpha value is -1.94. The first-order valence-electron chi connectivity index (χ1n) is 6.45. The lowest BCUT2D eigenvalue weighted by molar-refractivity contribution is -0.115. The number of aryl methyl sites for hydroxylation is 1. The van der Waals surface area contributed by atoms with E-state index in [9.17, 15) is 4.79 Å². The second-order valence-electron chi connectivity index (χ2n) is 4.66. The number of amides is 1. The average molecular weight is 286 g/mol. The van der Waals surface area contributed by atoms with E-state index < -0.39 is 0 Å². The summed E-state index contributed by atoms with van der Waals surface area (Å²) in [6.45, 7) is 3.87. The SMILES string of the molecule is Cc1ccc(SC(C)C(=O)Nc2ccccc2)c(N)c1. The van der Waals surface area contributed by atoms with Crippen LogP contribution in [0, 0.1) is 6.92 Å². The number of benzene rings is 2. The summed E-state index contributed by atoms with van der Waals surface area (Å²) in [7, 11) is 0. The summed E-state index contributed by atoms with van der Waals surface area (Å²) in [6.07, 6.45) is 0. The van der Waals surface area contributed by atoms with Crippen LogP contribution in [0.5, 0.6) is 0 Å². The van der Waals surface area contributed by atoms with E-state index in [0.29, 0.717) is 0 Å². The van der Waals surface area contributed by atoms with Crippen LogP contribution < -0.4 is 11.1 Å². The van der Waals surface area contributed by atoms with E-state index in [-0.39, 0.29) is 11.2 Å². The number of nitrogens with one attached hydrogen (secondary N) is 1. The first kappa shape index (κ1) is 14.5. The normalized spacial score (nSPS) is 11.9. The van der Waals surface area contributed by atoms with Crippen molar-refractivity contribution in [2.24, 2.45) is 0 Å². The van der Waals surface area contributed by atoms with Crippen LogP contribution in [0.2, 0.25) is 0 Å². The number of hydrogen-bond donors (Lipinski definition) is 2. The van der Waals surface area contributed by atoms with Crippen molar-refractivity contribution in [3.05, 3.63) is 54.1 Å². The molecule has 0 bridgehead atoms. The van der Waals surface area contributed by atoms with Crippen LogP contribution in [0.4, 0.5) is 11.4 Å². The van der Waals surface area contributed by atoms with E-state index in [0.717, 1.165) is 21.8 Å². The van der Waals surface area contributed by atoms with Crippen molar-refractivity contribution < 1.29 is 4.79 Å². The molecule has 0 aliphatic rings. The lowest BCUT2D eigenvalue weighted by Crippen LogP contribution is -2.22. The summed E-state index contributed by atoms with van der Waals surface area (Å²) in [4.78, 5) is 13.1. The molecule has 2 rings (SSSR count). The van der Waals surface area contributed by atoms with Crippen molar-refractivity contribution in [3.63, 3.8) is 0 Å². The van der Waals surface area contributed by atoms with Gasteiger partial charge in [-0.1, -0.05) is 24.3 Å². The summed E-state index contributed by atoms with van der Waals surface area (Å²) < 4.78 is 0. The van der Waals surface area contributed by atoms with Gasteiger partial charge in [0.25, 0.3) is 0 Å². The molecule has 0 radical (unpaired) electrons.